The number of nitrogens with zero attached hydrogens (tertiary/aromatic N) is 2. The molecule has 3 rings (SSSR count). The second kappa shape index (κ2) is 9.88. The van der Waals surface area contributed by atoms with Gasteiger partial charge in [0.1, 0.15) is 11.5 Å². The van der Waals surface area contributed by atoms with Crippen molar-refractivity contribution in [2.75, 3.05) is 51.3 Å². The Hall–Kier alpha value is -2.89. The average molecular weight is 383 g/mol. The topological polar surface area (TPSA) is 54.0 Å². The van der Waals surface area contributed by atoms with Crippen LogP contribution in [-0.2, 0) is 6.42 Å². The molecule has 6 heteroatoms. The number of rotatable bonds is 7. The van der Waals surface area contributed by atoms with Crippen LogP contribution in [0.2, 0.25) is 0 Å². The molecular formula is C22H29N3O3. The van der Waals surface area contributed by atoms with Gasteiger partial charge in [0.2, 0.25) is 0 Å². The van der Waals surface area contributed by atoms with Crippen LogP contribution in [0.1, 0.15) is 12.5 Å². The highest BCUT2D eigenvalue weighted by molar-refractivity contribution is 5.74. The number of benzene rings is 2. The van der Waals surface area contributed by atoms with E-state index in [1.54, 1.807) is 7.11 Å². The van der Waals surface area contributed by atoms with Crippen LogP contribution in [0.5, 0.6) is 11.5 Å². The summed E-state index contributed by atoms with van der Waals surface area (Å²) in [6, 6.07) is 16.0. The number of piperazine rings is 1. The average Bonchev–Trinajstić information content (AvgIpc) is 2.75. The maximum Gasteiger partial charge on any atom is 0.317 e. The van der Waals surface area contributed by atoms with E-state index in [-0.39, 0.29) is 6.03 Å². The van der Waals surface area contributed by atoms with Crippen LogP contribution >= 0.6 is 0 Å². The van der Waals surface area contributed by atoms with Crippen molar-refractivity contribution in [3.05, 3.63) is 54.1 Å². The number of hydrogen-bond donors (Lipinski definition) is 1. The first kappa shape index (κ1) is 19.9. The van der Waals surface area contributed by atoms with Crippen LogP contribution in [0.4, 0.5) is 10.5 Å². The first-order chi connectivity index (χ1) is 13.7. The number of carbonyl (C=O) groups excluding carboxylic acids is 1. The molecule has 0 aromatic heterocycles. The molecule has 150 valence electrons. The second-order valence-corrected chi connectivity index (χ2v) is 6.70. The molecule has 1 heterocycles. The van der Waals surface area contributed by atoms with Gasteiger partial charge in [0, 0.05) is 32.7 Å². The van der Waals surface area contributed by atoms with Crippen molar-refractivity contribution in [2.24, 2.45) is 0 Å². The molecule has 2 aromatic carbocycles. The summed E-state index contributed by atoms with van der Waals surface area (Å²) in [7, 11) is 1.66. The SMILES string of the molecule is CCOc1ccccc1N1CCN(C(=O)NCCc2ccc(OC)cc2)CC1. The highest BCUT2D eigenvalue weighted by Crippen LogP contribution is 2.28. The lowest BCUT2D eigenvalue weighted by molar-refractivity contribution is 0.194. The van der Waals surface area contributed by atoms with Gasteiger partial charge in [-0.1, -0.05) is 24.3 Å². The van der Waals surface area contributed by atoms with Crippen molar-refractivity contribution >= 4 is 11.7 Å². The molecule has 0 aliphatic carbocycles. The maximum absolute atomic E-state index is 12.5. The Balaban J connectivity index is 1.44. The number of carbonyl (C=O) groups is 1. The van der Waals surface area contributed by atoms with Crippen LogP contribution < -0.4 is 19.7 Å². The summed E-state index contributed by atoms with van der Waals surface area (Å²) < 4.78 is 10.9. The number of urea groups is 1. The number of ether oxygens (including phenoxy) is 2. The van der Waals surface area contributed by atoms with E-state index >= 15 is 0 Å². The summed E-state index contributed by atoms with van der Waals surface area (Å²) in [6.07, 6.45) is 0.803. The fourth-order valence-electron chi connectivity index (χ4n) is 3.36. The minimum Gasteiger partial charge on any atom is -0.497 e. The molecule has 2 amide bonds. The zero-order valence-electron chi connectivity index (χ0n) is 16.7. The summed E-state index contributed by atoms with van der Waals surface area (Å²) in [4.78, 5) is 16.6. The zero-order valence-corrected chi connectivity index (χ0v) is 16.7. The minimum absolute atomic E-state index is 0.00579. The van der Waals surface area contributed by atoms with Crippen LogP contribution in [0.3, 0.4) is 0 Å². The first-order valence-corrected chi connectivity index (χ1v) is 9.83. The fraction of sp³-hybridized carbons (Fsp3) is 0.409. The summed E-state index contributed by atoms with van der Waals surface area (Å²) in [5.74, 6) is 1.75. The molecule has 0 bridgehead atoms. The normalized spacial score (nSPS) is 13.9. The largest absolute Gasteiger partial charge is 0.497 e. The van der Waals surface area contributed by atoms with Gasteiger partial charge in [0.25, 0.3) is 0 Å². The monoisotopic (exact) mass is 383 g/mol. The van der Waals surface area contributed by atoms with Crippen molar-refractivity contribution in [1.29, 1.82) is 0 Å². The van der Waals surface area contributed by atoms with Gasteiger partial charge in [-0.3, -0.25) is 0 Å². The van der Waals surface area contributed by atoms with Crippen LogP contribution in [0, 0.1) is 0 Å². The molecule has 0 radical (unpaired) electrons. The van der Waals surface area contributed by atoms with Crippen molar-refractivity contribution in [2.45, 2.75) is 13.3 Å². The lowest BCUT2D eigenvalue weighted by Crippen LogP contribution is -2.52. The molecule has 1 aliphatic rings. The Kier molecular flexibility index (Phi) is 7.00. The highest BCUT2D eigenvalue weighted by atomic mass is 16.5. The molecule has 0 spiro atoms. The minimum atomic E-state index is 0.00579. The molecule has 0 saturated carbocycles. The summed E-state index contributed by atoms with van der Waals surface area (Å²) >= 11 is 0. The third-order valence-electron chi connectivity index (χ3n) is 4.92. The molecule has 0 atom stereocenters. The van der Waals surface area contributed by atoms with Gasteiger partial charge >= 0.3 is 6.03 Å². The third kappa shape index (κ3) is 5.09. The fourth-order valence-corrected chi connectivity index (χ4v) is 3.36. The van der Waals surface area contributed by atoms with E-state index in [4.69, 9.17) is 9.47 Å². The van der Waals surface area contributed by atoms with Gasteiger partial charge in [-0.25, -0.2) is 4.79 Å². The van der Waals surface area contributed by atoms with E-state index in [1.807, 2.05) is 54.3 Å². The third-order valence-corrected chi connectivity index (χ3v) is 4.92. The first-order valence-electron chi connectivity index (χ1n) is 9.83. The molecule has 6 nitrogen and oxygen atoms in total. The number of anilines is 1. The van der Waals surface area contributed by atoms with Crippen LogP contribution in [-0.4, -0.2) is 57.4 Å². The molecular weight excluding hydrogens is 354 g/mol. The maximum atomic E-state index is 12.5. The molecule has 28 heavy (non-hydrogen) atoms. The molecule has 1 aliphatic heterocycles. The quantitative estimate of drug-likeness (QED) is 0.798. The van der Waals surface area contributed by atoms with Crippen LogP contribution in [0.25, 0.3) is 0 Å². The van der Waals surface area contributed by atoms with Gasteiger partial charge < -0.3 is 24.6 Å². The van der Waals surface area contributed by atoms with Crippen molar-refractivity contribution < 1.29 is 14.3 Å². The zero-order chi connectivity index (χ0) is 19.8. The summed E-state index contributed by atoms with van der Waals surface area (Å²) in [5.41, 5.74) is 2.28. The number of hydrogen-bond acceptors (Lipinski definition) is 4. The Labute approximate surface area is 167 Å². The van der Waals surface area contributed by atoms with E-state index < -0.39 is 0 Å². The Morgan fingerprint density at radius 2 is 1.75 bits per heavy atom. The van der Waals surface area contributed by atoms with E-state index in [2.05, 4.69) is 16.3 Å². The molecule has 1 fully saturated rings. The van der Waals surface area contributed by atoms with Crippen LogP contribution in [0.15, 0.2) is 48.5 Å². The predicted octanol–water partition coefficient (Wildman–Crippen LogP) is 3.17. The number of methoxy groups -OCH3 is 1. The summed E-state index contributed by atoms with van der Waals surface area (Å²) in [6.45, 7) is 6.27. The van der Waals surface area contributed by atoms with E-state index in [1.165, 1.54) is 5.56 Å². The van der Waals surface area contributed by atoms with Gasteiger partial charge in [-0.05, 0) is 43.2 Å². The van der Waals surface area contributed by atoms with Gasteiger partial charge in [-0.2, -0.15) is 0 Å². The van der Waals surface area contributed by atoms with E-state index in [0.29, 0.717) is 26.2 Å². The Morgan fingerprint density at radius 1 is 1.04 bits per heavy atom. The van der Waals surface area contributed by atoms with E-state index in [9.17, 15) is 4.79 Å². The Bertz CT molecular complexity index is 756. The molecule has 1 N–H and O–H groups in total. The van der Waals surface area contributed by atoms with Gasteiger partial charge in [0.05, 0.1) is 19.4 Å². The van der Waals surface area contributed by atoms with E-state index in [0.717, 1.165) is 36.7 Å². The molecule has 0 unspecified atom stereocenters. The standard InChI is InChI=1S/C22H29N3O3/c1-3-28-21-7-5-4-6-20(21)24-14-16-25(17-15-24)22(26)23-13-12-18-8-10-19(27-2)11-9-18/h4-11H,3,12-17H2,1-2H3,(H,23,26). The lowest BCUT2D eigenvalue weighted by atomic mass is 10.1. The number of nitrogens with one attached hydrogen (secondary N) is 1. The summed E-state index contributed by atoms with van der Waals surface area (Å²) in [5, 5.41) is 3.03. The smallest absolute Gasteiger partial charge is 0.317 e. The molecule has 2 aromatic rings. The van der Waals surface area contributed by atoms with Crippen molar-refractivity contribution in [3.8, 4) is 11.5 Å². The second-order valence-electron chi connectivity index (χ2n) is 6.70. The van der Waals surface area contributed by atoms with Crippen molar-refractivity contribution in [1.82, 2.24) is 10.2 Å². The highest BCUT2D eigenvalue weighted by Gasteiger charge is 2.22. The number of para-hydroxylation sites is 2. The van der Waals surface area contributed by atoms with Gasteiger partial charge in [0.15, 0.2) is 0 Å². The Morgan fingerprint density at radius 3 is 2.43 bits per heavy atom. The molecule has 1 saturated heterocycles. The van der Waals surface area contributed by atoms with Crippen molar-refractivity contribution in [3.63, 3.8) is 0 Å². The predicted molar refractivity (Wildman–Crippen MR) is 111 cm³/mol. The number of amides is 2. The van der Waals surface area contributed by atoms with Gasteiger partial charge in [-0.15, -0.1) is 0 Å². The lowest BCUT2D eigenvalue weighted by Gasteiger charge is -2.36.